The van der Waals surface area contributed by atoms with Gasteiger partial charge in [-0.15, -0.1) is 0 Å². The Bertz CT molecular complexity index is 686. The molecule has 1 saturated heterocycles. The normalized spacial score (nSPS) is 21.0. The van der Waals surface area contributed by atoms with Crippen LogP contribution in [0.2, 0.25) is 0 Å². The van der Waals surface area contributed by atoms with E-state index in [0.717, 1.165) is 6.42 Å². The summed E-state index contributed by atoms with van der Waals surface area (Å²) in [6.07, 6.45) is 4.62. The molecular weight excluding hydrogens is 292 g/mol. The van der Waals surface area contributed by atoms with Crippen molar-refractivity contribution in [3.05, 3.63) is 54.4 Å². The second kappa shape index (κ2) is 6.38. The minimum Gasteiger partial charge on any atom is -0.455 e. The molecular formula is C18H20N2O3. The summed E-state index contributed by atoms with van der Waals surface area (Å²) in [6, 6.07) is 11.0. The van der Waals surface area contributed by atoms with E-state index in [2.05, 4.69) is 4.98 Å². The van der Waals surface area contributed by atoms with E-state index in [9.17, 15) is 9.90 Å². The first-order chi connectivity index (χ1) is 11.1. The Kier molecular flexibility index (Phi) is 4.30. The molecule has 1 aromatic carbocycles. The average Bonchev–Trinajstić information content (AvgIpc) is 2.55. The molecule has 0 aliphatic carbocycles. The third kappa shape index (κ3) is 3.68. The summed E-state index contributed by atoms with van der Waals surface area (Å²) < 4.78 is 5.80. The van der Waals surface area contributed by atoms with Crippen molar-refractivity contribution in [3.63, 3.8) is 0 Å². The minimum atomic E-state index is -0.832. The standard InChI is InChI=1S/C18H20N2O3/c1-18(22)9-5-11-20(13-18)17(21)15-8-10-19-12-16(15)23-14-6-3-2-4-7-14/h2-4,6-8,10,12,22H,5,9,11,13H2,1H3. The molecule has 1 fully saturated rings. The van der Waals surface area contributed by atoms with Gasteiger partial charge in [-0.3, -0.25) is 9.78 Å². The van der Waals surface area contributed by atoms with Gasteiger partial charge in [0.15, 0.2) is 5.75 Å². The molecule has 3 rings (SSSR count). The highest BCUT2D eigenvalue weighted by atomic mass is 16.5. The number of carbonyl (C=O) groups excluding carboxylic acids is 1. The topological polar surface area (TPSA) is 62.7 Å². The minimum absolute atomic E-state index is 0.140. The molecule has 1 aliphatic heterocycles. The molecule has 1 N–H and O–H groups in total. The van der Waals surface area contributed by atoms with Crippen molar-refractivity contribution < 1.29 is 14.6 Å². The first kappa shape index (κ1) is 15.5. The fraction of sp³-hybridized carbons (Fsp3) is 0.333. The van der Waals surface area contributed by atoms with Crippen molar-refractivity contribution in [3.8, 4) is 11.5 Å². The maximum Gasteiger partial charge on any atom is 0.257 e. The van der Waals surface area contributed by atoms with Crippen LogP contribution in [0, 0.1) is 0 Å². The van der Waals surface area contributed by atoms with Crippen LogP contribution in [0.3, 0.4) is 0 Å². The van der Waals surface area contributed by atoms with E-state index in [4.69, 9.17) is 4.74 Å². The van der Waals surface area contributed by atoms with Crippen molar-refractivity contribution in [2.24, 2.45) is 0 Å². The fourth-order valence-corrected chi connectivity index (χ4v) is 2.82. The summed E-state index contributed by atoms with van der Waals surface area (Å²) in [7, 11) is 0. The lowest BCUT2D eigenvalue weighted by Gasteiger charge is -2.37. The molecule has 1 amide bonds. The number of nitrogens with zero attached hydrogens (tertiary/aromatic N) is 2. The zero-order valence-corrected chi connectivity index (χ0v) is 13.1. The predicted octanol–water partition coefficient (Wildman–Crippen LogP) is 2.86. The number of likely N-dealkylation sites (tertiary alicyclic amines) is 1. The van der Waals surface area contributed by atoms with Gasteiger partial charge in [0, 0.05) is 19.3 Å². The molecule has 0 spiro atoms. The quantitative estimate of drug-likeness (QED) is 0.946. The van der Waals surface area contributed by atoms with Crippen LogP contribution in [0.15, 0.2) is 48.8 Å². The number of piperidine rings is 1. The predicted molar refractivity (Wildman–Crippen MR) is 86.5 cm³/mol. The number of benzene rings is 1. The SMILES string of the molecule is CC1(O)CCCN(C(=O)c2ccncc2Oc2ccccc2)C1. The number of rotatable bonds is 3. The van der Waals surface area contributed by atoms with Gasteiger partial charge in [0.05, 0.1) is 17.4 Å². The van der Waals surface area contributed by atoms with Gasteiger partial charge < -0.3 is 14.7 Å². The number of amides is 1. The molecule has 23 heavy (non-hydrogen) atoms. The summed E-state index contributed by atoms with van der Waals surface area (Å²) in [5, 5.41) is 10.2. The van der Waals surface area contributed by atoms with E-state index in [1.165, 1.54) is 0 Å². The number of ether oxygens (including phenoxy) is 1. The molecule has 5 heteroatoms. The van der Waals surface area contributed by atoms with Crippen LogP contribution < -0.4 is 4.74 Å². The zero-order chi connectivity index (χ0) is 16.3. The second-order valence-electron chi connectivity index (χ2n) is 6.11. The second-order valence-corrected chi connectivity index (χ2v) is 6.11. The monoisotopic (exact) mass is 312 g/mol. The van der Waals surface area contributed by atoms with Crippen molar-refractivity contribution in [1.82, 2.24) is 9.88 Å². The Labute approximate surface area is 135 Å². The number of para-hydroxylation sites is 1. The van der Waals surface area contributed by atoms with Gasteiger partial charge in [0.1, 0.15) is 5.75 Å². The van der Waals surface area contributed by atoms with E-state index in [1.807, 2.05) is 30.3 Å². The van der Waals surface area contributed by atoms with E-state index >= 15 is 0 Å². The van der Waals surface area contributed by atoms with Crippen LogP contribution in [0.25, 0.3) is 0 Å². The number of carbonyl (C=O) groups is 1. The summed E-state index contributed by atoms with van der Waals surface area (Å²) in [5.74, 6) is 0.937. The van der Waals surface area contributed by atoms with E-state index in [-0.39, 0.29) is 5.91 Å². The maximum absolute atomic E-state index is 12.8. The highest BCUT2D eigenvalue weighted by Crippen LogP contribution is 2.27. The van der Waals surface area contributed by atoms with Crippen LogP contribution >= 0.6 is 0 Å². The van der Waals surface area contributed by atoms with E-state index in [1.54, 1.807) is 30.3 Å². The Balaban J connectivity index is 1.83. The first-order valence-electron chi connectivity index (χ1n) is 7.74. The van der Waals surface area contributed by atoms with Gasteiger partial charge in [-0.2, -0.15) is 0 Å². The lowest BCUT2D eigenvalue weighted by atomic mass is 9.94. The molecule has 2 aromatic rings. The van der Waals surface area contributed by atoms with Gasteiger partial charge in [0.2, 0.25) is 0 Å². The first-order valence-corrected chi connectivity index (χ1v) is 7.74. The van der Waals surface area contributed by atoms with E-state index in [0.29, 0.717) is 36.6 Å². The summed E-state index contributed by atoms with van der Waals surface area (Å²) in [6.45, 7) is 2.74. The fourth-order valence-electron chi connectivity index (χ4n) is 2.82. The largest absolute Gasteiger partial charge is 0.455 e. The van der Waals surface area contributed by atoms with Crippen LogP contribution in [0.1, 0.15) is 30.1 Å². The molecule has 1 aromatic heterocycles. The molecule has 120 valence electrons. The van der Waals surface area contributed by atoms with Crippen LogP contribution in [-0.2, 0) is 0 Å². The highest BCUT2D eigenvalue weighted by molar-refractivity contribution is 5.97. The summed E-state index contributed by atoms with van der Waals surface area (Å²) in [5.41, 5.74) is -0.372. The molecule has 1 atom stereocenters. The Morgan fingerprint density at radius 1 is 1.30 bits per heavy atom. The van der Waals surface area contributed by atoms with Gasteiger partial charge in [-0.1, -0.05) is 18.2 Å². The van der Waals surface area contributed by atoms with Gasteiger partial charge in [-0.25, -0.2) is 0 Å². The summed E-state index contributed by atoms with van der Waals surface area (Å²) >= 11 is 0. The molecule has 2 heterocycles. The van der Waals surface area contributed by atoms with Crippen molar-refractivity contribution in [2.75, 3.05) is 13.1 Å². The number of aliphatic hydroxyl groups is 1. The average molecular weight is 312 g/mol. The number of β-amino-alcohol motifs (C(OH)–C–C–N with tert-alkyl or cyclic N) is 1. The molecule has 0 saturated carbocycles. The van der Waals surface area contributed by atoms with Crippen molar-refractivity contribution >= 4 is 5.91 Å². The molecule has 0 radical (unpaired) electrons. The lowest BCUT2D eigenvalue weighted by Crippen LogP contribution is -2.48. The summed E-state index contributed by atoms with van der Waals surface area (Å²) in [4.78, 5) is 18.5. The molecule has 1 aliphatic rings. The lowest BCUT2D eigenvalue weighted by molar-refractivity contribution is -0.0108. The van der Waals surface area contributed by atoms with Gasteiger partial charge in [-0.05, 0) is 38.0 Å². The van der Waals surface area contributed by atoms with Gasteiger partial charge >= 0.3 is 0 Å². The number of hydrogen-bond donors (Lipinski definition) is 1. The smallest absolute Gasteiger partial charge is 0.257 e. The Morgan fingerprint density at radius 3 is 2.83 bits per heavy atom. The number of pyridine rings is 1. The van der Waals surface area contributed by atoms with Crippen LogP contribution in [-0.4, -0.2) is 39.6 Å². The molecule has 5 nitrogen and oxygen atoms in total. The van der Waals surface area contributed by atoms with Gasteiger partial charge in [0.25, 0.3) is 5.91 Å². The number of hydrogen-bond acceptors (Lipinski definition) is 4. The molecule has 1 unspecified atom stereocenters. The highest BCUT2D eigenvalue weighted by Gasteiger charge is 2.32. The van der Waals surface area contributed by atoms with Crippen LogP contribution in [0.4, 0.5) is 0 Å². The van der Waals surface area contributed by atoms with E-state index < -0.39 is 5.60 Å². The Hall–Kier alpha value is -2.40. The van der Waals surface area contributed by atoms with Crippen molar-refractivity contribution in [1.29, 1.82) is 0 Å². The number of aromatic nitrogens is 1. The van der Waals surface area contributed by atoms with Crippen LogP contribution in [0.5, 0.6) is 11.5 Å². The Morgan fingerprint density at radius 2 is 2.09 bits per heavy atom. The zero-order valence-electron chi connectivity index (χ0n) is 13.1. The maximum atomic E-state index is 12.8. The third-order valence-electron chi connectivity index (χ3n) is 3.95. The third-order valence-corrected chi connectivity index (χ3v) is 3.95. The molecule has 0 bridgehead atoms. The van der Waals surface area contributed by atoms with Crippen molar-refractivity contribution in [2.45, 2.75) is 25.4 Å².